The molecule has 0 amide bonds. The molecule has 2 fully saturated rings. The van der Waals surface area contributed by atoms with E-state index in [1.165, 1.54) is 70.6 Å². The molecule has 124 valence electrons. The van der Waals surface area contributed by atoms with Crippen molar-refractivity contribution in [1.29, 1.82) is 0 Å². The fourth-order valence-electron chi connectivity index (χ4n) is 4.64. The molecule has 2 atom stereocenters. The Balaban J connectivity index is 2.05. The summed E-state index contributed by atoms with van der Waals surface area (Å²) in [6.45, 7) is 6.38. The van der Waals surface area contributed by atoms with Crippen LogP contribution in [0.1, 0.15) is 84.5 Å². The van der Waals surface area contributed by atoms with Gasteiger partial charge in [0.2, 0.25) is 0 Å². The van der Waals surface area contributed by atoms with Crippen LogP contribution in [0.5, 0.6) is 0 Å². The van der Waals surface area contributed by atoms with Crippen LogP contribution < -0.4 is 5.32 Å². The van der Waals surface area contributed by atoms with Gasteiger partial charge < -0.3 is 10.1 Å². The zero-order valence-corrected chi connectivity index (χ0v) is 14.4. The van der Waals surface area contributed by atoms with Gasteiger partial charge in [0.15, 0.2) is 0 Å². The maximum atomic E-state index is 6.33. The zero-order valence-electron chi connectivity index (χ0n) is 14.4. The van der Waals surface area contributed by atoms with Gasteiger partial charge in [-0.15, -0.1) is 0 Å². The lowest BCUT2D eigenvalue weighted by Crippen LogP contribution is -2.50. The van der Waals surface area contributed by atoms with Crippen molar-refractivity contribution in [3.8, 4) is 0 Å². The molecular formula is C19H37NO. The smallest absolute Gasteiger partial charge is 0.0758 e. The summed E-state index contributed by atoms with van der Waals surface area (Å²) in [5.74, 6) is 1.64. The van der Waals surface area contributed by atoms with Gasteiger partial charge in [-0.25, -0.2) is 0 Å². The third kappa shape index (κ3) is 5.25. The van der Waals surface area contributed by atoms with Gasteiger partial charge in [0.1, 0.15) is 0 Å². The SMILES string of the molecule is CCNC(C1CCCCCC1)C(OCC)C1CCCCC1. The lowest BCUT2D eigenvalue weighted by atomic mass is 9.77. The van der Waals surface area contributed by atoms with Gasteiger partial charge in [0.25, 0.3) is 0 Å². The Morgan fingerprint density at radius 2 is 1.33 bits per heavy atom. The maximum absolute atomic E-state index is 6.33. The van der Waals surface area contributed by atoms with Crippen molar-refractivity contribution in [3.05, 3.63) is 0 Å². The molecule has 0 spiro atoms. The first-order valence-electron chi connectivity index (χ1n) is 9.71. The van der Waals surface area contributed by atoms with Gasteiger partial charge >= 0.3 is 0 Å². The first kappa shape index (κ1) is 17.3. The summed E-state index contributed by atoms with van der Waals surface area (Å²) in [6, 6.07) is 0.594. The fourth-order valence-corrected chi connectivity index (χ4v) is 4.64. The second kappa shape index (κ2) is 9.84. The van der Waals surface area contributed by atoms with Crippen molar-refractivity contribution in [2.75, 3.05) is 13.2 Å². The summed E-state index contributed by atoms with van der Waals surface area (Å²) >= 11 is 0. The van der Waals surface area contributed by atoms with Crippen LogP contribution in [-0.4, -0.2) is 25.3 Å². The van der Waals surface area contributed by atoms with Crippen LogP contribution >= 0.6 is 0 Å². The molecule has 2 unspecified atom stereocenters. The van der Waals surface area contributed by atoms with Gasteiger partial charge in [0.05, 0.1) is 6.10 Å². The Morgan fingerprint density at radius 3 is 1.86 bits per heavy atom. The van der Waals surface area contributed by atoms with Gasteiger partial charge in [0, 0.05) is 12.6 Å². The summed E-state index contributed by atoms with van der Waals surface area (Å²) < 4.78 is 6.33. The molecule has 2 aliphatic carbocycles. The van der Waals surface area contributed by atoms with E-state index >= 15 is 0 Å². The quantitative estimate of drug-likeness (QED) is 0.673. The summed E-state index contributed by atoms with van der Waals surface area (Å²) in [6.07, 6.45) is 16.1. The molecule has 2 heteroatoms. The highest BCUT2D eigenvalue weighted by Crippen LogP contribution is 2.35. The van der Waals surface area contributed by atoms with Crippen LogP contribution in [0.2, 0.25) is 0 Å². The number of ether oxygens (including phenoxy) is 1. The highest BCUT2D eigenvalue weighted by Gasteiger charge is 2.35. The van der Waals surface area contributed by atoms with Crippen LogP contribution in [0.25, 0.3) is 0 Å². The second-order valence-corrected chi connectivity index (χ2v) is 7.15. The molecule has 0 aromatic carbocycles. The summed E-state index contributed by atoms with van der Waals surface area (Å²) in [7, 11) is 0. The molecule has 0 saturated heterocycles. The van der Waals surface area contributed by atoms with Crippen LogP contribution in [0.4, 0.5) is 0 Å². The van der Waals surface area contributed by atoms with E-state index in [4.69, 9.17) is 4.74 Å². The molecule has 2 nitrogen and oxygen atoms in total. The molecule has 0 aromatic heterocycles. The van der Waals surface area contributed by atoms with E-state index in [9.17, 15) is 0 Å². The number of hydrogen-bond donors (Lipinski definition) is 1. The number of rotatable bonds is 7. The summed E-state index contributed by atoms with van der Waals surface area (Å²) in [5.41, 5.74) is 0. The largest absolute Gasteiger partial charge is 0.377 e. The van der Waals surface area contributed by atoms with Gasteiger partial charge in [-0.05, 0) is 51.0 Å². The van der Waals surface area contributed by atoms with E-state index in [1.54, 1.807) is 0 Å². The highest BCUT2D eigenvalue weighted by molar-refractivity contribution is 4.90. The van der Waals surface area contributed by atoms with E-state index < -0.39 is 0 Å². The Hall–Kier alpha value is -0.0800. The summed E-state index contributed by atoms with van der Waals surface area (Å²) in [4.78, 5) is 0. The molecule has 21 heavy (non-hydrogen) atoms. The third-order valence-corrected chi connectivity index (χ3v) is 5.68. The van der Waals surface area contributed by atoms with E-state index in [-0.39, 0.29) is 0 Å². The number of likely N-dealkylation sites (N-methyl/N-ethyl adjacent to an activating group) is 1. The predicted octanol–water partition coefficient (Wildman–Crippen LogP) is 4.92. The average molecular weight is 296 g/mol. The molecule has 1 N–H and O–H groups in total. The van der Waals surface area contributed by atoms with E-state index in [1.807, 2.05) is 0 Å². The van der Waals surface area contributed by atoms with Crippen LogP contribution in [0, 0.1) is 11.8 Å². The van der Waals surface area contributed by atoms with Crippen molar-refractivity contribution in [1.82, 2.24) is 5.32 Å². The van der Waals surface area contributed by atoms with E-state index in [0.717, 1.165) is 25.0 Å². The molecule has 0 aromatic rings. The molecule has 0 aliphatic heterocycles. The lowest BCUT2D eigenvalue weighted by Gasteiger charge is -2.39. The molecule has 0 radical (unpaired) electrons. The first-order valence-corrected chi connectivity index (χ1v) is 9.71. The molecular weight excluding hydrogens is 258 g/mol. The van der Waals surface area contributed by atoms with Crippen molar-refractivity contribution in [2.24, 2.45) is 11.8 Å². The molecule has 2 saturated carbocycles. The second-order valence-electron chi connectivity index (χ2n) is 7.15. The summed E-state index contributed by atoms with van der Waals surface area (Å²) in [5, 5.41) is 3.84. The number of nitrogens with one attached hydrogen (secondary N) is 1. The third-order valence-electron chi connectivity index (χ3n) is 5.68. The van der Waals surface area contributed by atoms with Crippen molar-refractivity contribution in [3.63, 3.8) is 0 Å². The van der Waals surface area contributed by atoms with Gasteiger partial charge in [-0.3, -0.25) is 0 Å². The Labute approximate surface area is 132 Å². The predicted molar refractivity (Wildman–Crippen MR) is 90.6 cm³/mol. The molecule has 0 heterocycles. The Kier molecular flexibility index (Phi) is 8.10. The minimum Gasteiger partial charge on any atom is -0.377 e. The van der Waals surface area contributed by atoms with Gasteiger partial charge in [-0.2, -0.15) is 0 Å². The molecule has 2 aliphatic rings. The molecule has 2 rings (SSSR count). The van der Waals surface area contributed by atoms with Crippen molar-refractivity contribution in [2.45, 2.75) is 96.6 Å². The Bertz CT molecular complexity index is 254. The normalized spacial score (nSPS) is 25.4. The lowest BCUT2D eigenvalue weighted by molar-refractivity contribution is -0.0327. The van der Waals surface area contributed by atoms with Crippen molar-refractivity contribution < 1.29 is 4.74 Å². The fraction of sp³-hybridized carbons (Fsp3) is 1.00. The van der Waals surface area contributed by atoms with Crippen LogP contribution in [0.15, 0.2) is 0 Å². The topological polar surface area (TPSA) is 21.3 Å². The minimum absolute atomic E-state index is 0.457. The maximum Gasteiger partial charge on any atom is 0.0758 e. The average Bonchev–Trinajstić information content (AvgIpc) is 2.81. The Morgan fingerprint density at radius 1 is 0.810 bits per heavy atom. The van der Waals surface area contributed by atoms with Crippen LogP contribution in [-0.2, 0) is 4.74 Å². The first-order chi connectivity index (χ1) is 10.4. The monoisotopic (exact) mass is 295 g/mol. The van der Waals surface area contributed by atoms with E-state index in [2.05, 4.69) is 19.2 Å². The van der Waals surface area contributed by atoms with Crippen LogP contribution in [0.3, 0.4) is 0 Å². The standard InChI is InChI=1S/C19H37NO/c1-3-20-18(16-12-8-5-6-9-13-16)19(21-4-2)17-14-10-7-11-15-17/h16-20H,3-15H2,1-2H3. The highest BCUT2D eigenvalue weighted by atomic mass is 16.5. The minimum atomic E-state index is 0.457. The van der Waals surface area contributed by atoms with Crippen molar-refractivity contribution >= 4 is 0 Å². The van der Waals surface area contributed by atoms with E-state index in [0.29, 0.717) is 12.1 Å². The molecule has 0 bridgehead atoms. The zero-order chi connectivity index (χ0) is 14.9. The number of hydrogen-bond acceptors (Lipinski definition) is 2. The van der Waals surface area contributed by atoms with Gasteiger partial charge in [-0.1, -0.05) is 51.9 Å².